The van der Waals surface area contributed by atoms with Crippen molar-refractivity contribution in [2.75, 3.05) is 0 Å². The molecule has 0 atom stereocenters. The highest BCUT2D eigenvalue weighted by molar-refractivity contribution is 6.71. The van der Waals surface area contributed by atoms with Gasteiger partial charge in [0.05, 0.1) is 11.2 Å². The van der Waals surface area contributed by atoms with Crippen LogP contribution >= 0.6 is 11.6 Å². The molecule has 3 aromatic carbocycles. The molecule has 1 aliphatic heterocycles. The lowest BCUT2D eigenvalue weighted by atomic mass is 9.68. The first-order valence-electron chi connectivity index (χ1n) is 10.7. The van der Waals surface area contributed by atoms with E-state index in [0.717, 1.165) is 27.7 Å². The minimum Gasteiger partial charge on any atom is -0.399 e. The van der Waals surface area contributed by atoms with Gasteiger partial charge in [0.1, 0.15) is 0 Å². The summed E-state index contributed by atoms with van der Waals surface area (Å²) in [6.45, 7) is 10.5. The summed E-state index contributed by atoms with van der Waals surface area (Å²) < 4.78 is 13.2. The highest BCUT2D eigenvalue weighted by atomic mass is 35.5. The van der Waals surface area contributed by atoms with Crippen molar-refractivity contribution in [3.8, 4) is 0 Å². The number of hydrogen-bond donors (Lipinski definition) is 0. The van der Waals surface area contributed by atoms with Crippen LogP contribution in [0.4, 0.5) is 0 Å². The van der Waals surface area contributed by atoms with Crippen molar-refractivity contribution in [3.05, 3.63) is 106 Å². The van der Waals surface area contributed by atoms with E-state index in [2.05, 4.69) is 95.3 Å². The Morgan fingerprint density at radius 2 is 1.23 bits per heavy atom. The Morgan fingerprint density at radius 1 is 0.710 bits per heavy atom. The van der Waals surface area contributed by atoms with Crippen LogP contribution in [0, 0.1) is 6.92 Å². The fourth-order valence-electron chi connectivity index (χ4n) is 3.91. The van der Waals surface area contributed by atoms with Gasteiger partial charge in [0.15, 0.2) is 0 Å². The molecule has 4 heteroatoms. The second-order valence-corrected chi connectivity index (χ2v) is 9.50. The van der Waals surface area contributed by atoms with Crippen molar-refractivity contribution in [2.45, 2.75) is 45.8 Å². The molecule has 0 amide bonds. The van der Waals surface area contributed by atoms with Gasteiger partial charge in [-0.2, -0.15) is 0 Å². The van der Waals surface area contributed by atoms with E-state index in [1.54, 1.807) is 0 Å². The Hall–Kier alpha value is -2.33. The highest BCUT2D eigenvalue weighted by Crippen LogP contribution is 2.44. The van der Waals surface area contributed by atoms with Gasteiger partial charge in [-0.1, -0.05) is 78.3 Å². The largest absolute Gasteiger partial charge is 0.496 e. The van der Waals surface area contributed by atoms with Crippen LogP contribution in [0.1, 0.15) is 49.9 Å². The second kappa shape index (κ2) is 8.31. The fourth-order valence-corrected chi connectivity index (χ4v) is 4.04. The lowest BCUT2D eigenvalue weighted by Crippen LogP contribution is -2.41. The Morgan fingerprint density at radius 3 is 1.81 bits per heavy atom. The zero-order chi connectivity index (χ0) is 22.2. The summed E-state index contributed by atoms with van der Waals surface area (Å²) in [5, 5.41) is 0.712. The lowest BCUT2D eigenvalue weighted by Gasteiger charge is -2.32. The third-order valence-electron chi connectivity index (χ3n) is 6.39. The quantitative estimate of drug-likeness (QED) is 0.321. The van der Waals surface area contributed by atoms with Gasteiger partial charge in [-0.25, -0.2) is 0 Å². The zero-order valence-electron chi connectivity index (χ0n) is 18.8. The van der Waals surface area contributed by atoms with Crippen molar-refractivity contribution in [3.63, 3.8) is 0 Å². The molecule has 0 unspecified atom stereocenters. The summed E-state index contributed by atoms with van der Waals surface area (Å²) >= 11 is 6.22. The lowest BCUT2D eigenvalue weighted by molar-refractivity contribution is 0.00578. The van der Waals surface area contributed by atoms with E-state index in [9.17, 15) is 0 Å². The van der Waals surface area contributed by atoms with E-state index < -0.39 is 18.3 Å². The summed E-state index contributed by atoms with van der Waals surface area (Å²) in [6, 6.07) is 26.8. The molecule has 4 rings (SSSR count). The van der Waals surface area contributed by atoms with Crippen molar-refractivity contribution in [2.24, 2.45) is 0 Å². The normalized spacial score (nSPS) is 18.1. The maximum Gasteiger partial charge on any atom is 0.496 e. The molecule has 0 N–H and O–H groups in total. The minimum absolute atomic E-state index is 0.437. The molecule has 0 aromatic heterocycles. The molecular formula is C27H28BClO2. The maximum absolute atomic E-state index is 6.58. The van der Waals surface area contributed by atoms with Crippen molar-refractivity contribution >= 4 is 29.8 Å². The van der Waals surface area contributed by atoms with Gasteiger partial charge < -0.3 is 9.31 Å². The molecule has 0 bridgehead atoms. The number of halogens is 1. The Labute approximate surface area is 191 Å². The molecule has 1 saturated heterocycles. The molecule has 0 saturated carbocycles. The van der Waals surface area contributed by atoms with Gasteiger partial charge in [0, 0.05) is 5.02 Å². The predicted octanol–water partition coefficient (Wildman–Crippen LogP) is 7.24. The van der Waals surface area contributed by atoms with Crippen LogP contribution in [0.5, 0.6) is 0 Å². The van der Waals surface area contributed by atoms with Gasteiger partial charge >= 0.3 is 7.12 Å². The van der Waals surface area contributed by atoms with E-state index in [1.807, 2.05) is 18.2 Å². The molecule has 0 spiro atoms. The van der Waals surface area contributed by atoms with Crippen LogP contribution in [-0.2, 0) is 9.31 Å². The number of benzene rings is 3. The molecule has 1 aliphatic rings. The van der Waals surface area contributed by atoms with Crippen LogP contribution in [-0.4, -0.2) is 18.3 Å². The molecule has 1 fully saturated rings. The average molecular weight is 431 g/mol. The number of hydrogen-bond acceptors (Lipinski definition) is 2. The summed E-state index contributed by atoms with van der Waals surface area (Å²) in [5.74, 6) is 0. The first-order chi connectivity index (χ1) is 14.7. The Kier molecular flexibility index (Phi) is 5.87. The smallest absolute Gasteiger partial charge is 0.399 e. The Balaban J connectivity index is 2.04. The summed E-state index contributed by atoms with van der Waals surface area (Å²) in [4.78, 5) is 0. The average Bonchev–Trinajstić information content (AvgIpc) is 2.95. The van der Waals surface area contributed by atoms with Crippen molar-refractivity contribution in [1.29, 1.82) is 0 Å². The summed E-state index contributed by atoms with van der Waals surface area (Å²) in [5.41, 5.74) is 5.72. The Bertz CT molecular complexity index is 1090. The standard InChI is InChI=1S/C27H28BClO2/c1-19-11-9-10-14-23(19)25(28-30-26(2,3)27(4,5)31-28)24(20-12-7-6-8-13-20)21-15-17-22(29)18-16-21/h6-18H,1-5H3/b25-24+. The first kappa shape index (κ1) is 21.9. The molecule has 2 nitrogen and oxygen atoms in total. The van der Waals surface area contributed by atoms with Crippen LogP contribution in [0.15, 0.2) is 78.9 Å². The van der Waals surface area contributed by atoms with Crippen LogP contribution in [0.2, 0.25) is 5.02 Å². The summed E-state index contributed by atoms with van der Waals surface area (Å²) in [7, 11) is -0.503. The van der Waals surface area contributed by atoms with Gasteiger partial charge in [-0.3, -0.25) is 0 Å². The molecule has 31 heavy (non-hydrogen) atoms. The van der Waals surface area contributed by atoms with E-state index >= 15 is 0 Å². The molecule has 0 radical (unpaired) electrons. The summed E-state index contributed by atoms with van der Waals surface area (Å²) in [6.07, 6.45) is 0. The maximum atomic E-state index is 6.58. The SMILES string of the molecule is Cc1ccccc1/C(B1OC(C)(C)C(C)(C)O1)=C(/c1ccccc1)c1ccc(Cl)cc1. The monoisotopic (exact) mass is 430 g/mol. The van der Waals surface area contributed by atoms with Gasteiger partial charge in [-0.15, -0.1) is 0 Å². The predicted molar refractivity (Wildman–Crippen MR) is 131 cm³/mol. The van der Waals surface area contributed by atoms with Gasteiger partial charge in [0.25, 0.3) is 0 Å². The third-order valence-corrected chi connectivity index (χ3v) is 6.64. The number of aryl methyl sites for hydroxylation is 1. The topological polar surface area (TPSA) is 18.5 Å². The van der Waals surface area contributed by atoms with Crippen molar-refractivity contribution < 1.29 is 9.31 Å². The fraction of sp³-hybridized carbons (Fsp3) is 0.259. The third kappa shape index (κ3) is 4.23. The zero-order valence-corrected chi connectivity index (χ0v) is 19.5. The number of rotatable bonds is 4. The van der Waals surface area contributed by atoms with Gasteiger partial charge in [0.2, 0.25) is 0 Å². The molecule has 0 aliphatic carbocycles. The molecule has 3 aromatic rings. The van der Waals surface area contributed by atoms with Crippen molar-refractivity contribution in [1.82, 2.24) is 0 Å². The minimum atomic E-state index is -0.503. The first-order valence-corrected chi connectivity index (χ1v) is 11.0. The molecular weight excluding hydrogens is 403 g/mol. The van der Waals surface area contributed by atoms with E-state index in [1.165, 1.54) is 5.56 Å². The van der Waals surface area contributed by atoms with Gasteiger partial charge in [-0.05, 0) is 80.1 Å². The highest BCUT2D eigenvalue weighted by Gasteiger charge is 2.53. The van der Waals surface area contributed by atoms with E-state index in [0.29, 0.717) is 5.02 Å². The van der Waals surface area contributed by atoms with E-state index in [4.69, 9.17) is 20.9 Å². The van der Waals surface area contributed by atoms with E-state index in [-0.39, 0.29) is 0 Å². The molecule has 158 valence electrons. The van der Waals surface area contributed by atoms with Crippen LogP contribution < -0.4 is 0 Å². The second-order valence-electron chi connectivity index (χ2n) is 9.06. The van der Waals surface area contributed by atoms with Crippen LogP contribution in [0.3, 0.4) is 0 Å². The molecule has 1 heterocycles. The van der Waals surface area contributed by atoms with Crippen LogP contribution in [0.25, 0.3) is 11.0 Å².